The van der Waals surface area contributed by atoms with Crippen LogP contribution in [0.15, 0.2) is 146 Å². The van der Waals surface area contributed by atoms with E-state index in [2.05, 4.69) is 183 Å². The number of halogens is 2. The van der Waals surface area contributed by atoms with Gasteiger partial charge in [-0.25, -0.2) is 0 Å². The Bertz CT molecular complexity index is 1900. The fraction of sp³-hybridized carbons (Fsp3) is 0.296. The molecule has 0 atom stereocenters. The van der Waals surface area contributed by atoms with Crippen molar-refractivity contribution in [2.45, 2.75) is 105 Å². The second-order valence-electron chi connectivity index (χ2n) is 14.2. The molecule has 0 fully saturated rings. The maximum atomic E-state index is 3.25. The largest absolute Gasteiger partial charge is 1.00 e. The van der Waals surface area contributed by atoms with Gasteiger partial charge in [0.15, 0.2) is 0 Å². The monoisotopic (exact) mass is 878 g/mol. The fourth-order valence-corrected chi connectivity index (χ4v) is 7.20. The van der Waals surface area contributed by atoms with E-state index in [4.69, 9.17) is 0 Å². The SMILES string of the molecule is CCCCc1c[cH-]c2ccccc12.CCCCc1c[cH-]c2ccccc12.CCCCc1c[cH-]c2ccccc12.CCCCc1c[cH-]c2ccccc12.[CH2]=[Ti+2].[CH2]=[Ti+2].[Cl-].[Cl-]. The van der Waals surface area contributed by atoms with E-state index in [9.17, 15) is 0 Å². The van der Waals surface area contributed by atoms with E-state index in [0.29, 0.717) is 0 Å². The maximum absolute atomic E-state index is 3.25. The molecule has 0 aliphatic rings. The summed E-state index contributed by atoms with van der Waals surface area (Å²) < 4.78 is 0. The van der Waals surface area contributed by atoms with Gasteiger partial charge >= 0.3 is 49.6 Å². The van der Waals surface area contributed by atoms with E-state index in [1.54, 1.807) is 39.9 Å². The number of unbranched alkanes of at least 4 members (excludes halogenated alkanes) is 4. The molecule has 8 aromatic carbocycles. The van der Waals surface area contributed by atoms with Gasteiger partial charge in [-0.15, -0.1) is 164 Å². The molecule has 0 radical (unpaired) electrons. The Labute approximate surface area is 386 Å². The van der Waals surface area contributed by atoms with Crippen LogP contribution in [0.2, 0.25) is 0 Å². The maximum Gasteiger partial charge on any atom is -1.00 e. The Morgan fingerprint density at radius 1 is 0.345 bits per heavy atom. The van der Waals surface area contributed by atoms with Gasteiger partial charge in [0.1, 0.15) is 0 Å². The van der Waals surface area contributed by atoms with Gasteiger partial charge in [0.25, 0.3) is 0 Å². The summed E-state index contributed by atoms with van der Waals surface area (Å²) in [5.74, 6) is 0. The molecule has 8 aromatic rings. The van der Waals surface area contributed by atoms with Crippen LogP contribution in [0.25, 0.3) is 43.1 Å². The van der Waals surface area contributed by atoms with E-state index >= 15 is 0 Å². The van der Waals surface area contributed by atoms with Crippen LogP contribution in [-0.4, -0.2) is 9.63 Å². The third kappa shape index (κ3) is 16.6. The molecule has 0 amide bonds. The molecule has 0 unspecified atom stereocenters. The smallest absolute Gasteiger partial charge is 1.00 e. The van der Waals surface area contributed by atoms with Crippen LogP contribution in [0.4, 0.5) is 0 Å². The fourth-order valence-electron chi connectivity index (χ4n) is 7.20. The molecule has 0 saturated carbocycles. The van der Waals surface area contributed by atoms with Gasteiger partial charge in [0, 0.05) is 0 Å². The summed E-state index contributed by atoms with van der Waals surface area (Å²) in [5, 5.41) is 11.3. The first-order valence-corrected chi connectivity index (χ1v) is 23.1. The minimum absolute atomic E-state index is 0. The molecule has 304 valence electrons. The molecule has 0 aromatic heterocycles. The van der Waals surface area contributed by atoms with Gasteiger partial charge in [-0.1, -0.05) is 129 Å². The van der Waals surface area contributed by atoms with E-state index in [-0.39, 0.29) is 24.8 Å². The van der Waals surface area contributed by atoms with Crippen molar-refractivity contribution in [3.63, 3.8) is 0 Å². The summed E-state index contributed by atoms with van der Waals surface area (Å²) >= 11 is 3.50. The summed E-state index contributed by atoms with van der Waals surface area (Å²) in [6.07, 6.45) is 15.2. The van der Waals surface area contributed by atoms with Gasteiger partial charge in [0.05, 0.1) is 0 Å². The Kier molecular flexibility index (Phi) is 29.2. The van der Waals surface area contributed by atoms with E-state index < -0.39 is 0 Å². The van der Waals surface area contributed by atoms with Crippen LogP contribution in [0.5, 0.6) is 0 Å². The zero-order chi connectivity index (χ0) is 40.4. The normalized spacial score (nSPS) is 9.93. The predicted octanol–water partition coefficient (Wildman–Crippen LogP) is 9.54. The summed E-state index contributed by atoms with van der Waals surface area (Å²) in [6.45, 7) is 8.96. The molecule has 8 rings (SSSR count). The summed E-state index contributed by atoms with van der Waals surface area (Å²) in [5.41, 5.74) is 6.05. The van der Waals surface area contributed by atoms with Gasteiger partial charge in [0.2, 0.25) is 0 Å². The van der Waals surface area contributed by atoms with Gasteiger partial charge < -0.3 is 24.8 Å². The number of aryl methyl sites for hydroxylation is 4. The van der Waals surface area contributed by atoms with Gasteiger partial charge in [-0.2, -0.15) is 22.3 Å². The Hall–Kier alpha value is -2.93. The van der Waals surface area contributed by atoms with Gasteiger partial charge in [-0.3, -0.25) is 0 Å². The predicted molar refractivity (Wildman–Crippen MR) is 247 cm³/mol. The Morgan fingerprint density at radius 3 is 0.724 bits per heavy atom. The topological polar surface area (TPSA) is 0 Å². The number of fused-ring (bicyclic) bond motifs is 4. The van der Waals surface area contributed by atoms with Crippen molar-refractivity contribution >= 4 is 52.7 Å². The van der Waals surface area contributed by atoms with Crippen LogP contribution in [0.3, 0.4) is 0 Å². The van der Waals surface area contributed by atoms with Crippen LogP contribution in [0, 0.1) is 0 Å². The minimum Gasteiger partial charge on any atom is -1.00 e. The summed E-state index contributed by atoms with van der Waals surface area (Å²) in [6, 6.07) is 52.5. The molecule has 0 aliphatic heterocycles. The van der Waals surface area contributed by atoms with Crippen molar-refractivity contribution in [3.8, 4) is 0 Å². The minimum atomic E-state index is 0. The molecule has 58 heavy (non-hydrogen) atoms. The third-order valence-corrected chi connectivity index (χ3v) is 10.3. The first-order valence-electron chi connectivity index (χ1n) is 20.9. The molecular formula is C54H64Cl2Ti2-2. The van der Waals surface area contributed by atoms with Crippen molar-refractivity contribution in [1.29, 1.82) is 0 Å². The molecule has 0 N–H and O–H groups in total. The number of hydrogen-bond donors (Lipinski definition) is 0. The van der Waals surface area contributed by atoms with E-state index in [0.717, 1.165) is 0 Å². The Balaban J connectivity index is 0.000000371. The summed E-state index contributed by atoms with van der Waals surface area (Å²) in [4.78, 5) is 6.50. The van der Waals surface area contributed by atoms with Crippen LogP contribution < -0.4 is 24.8 Å². The quantitative estimate of drug-likeness (QED) is 0.0848. The van der Waals surface area contributed by atoms with E-state index in [1.165, 1.54) is 142 Å². The van der Waals surface area contributed by atoms with Crippen molar-refractivity contribution in [3.05, 3.63) is 168 Å². The van der Waals surface area contributed by atoms with Crippen LogP contribution in [-0.2, 0) is 65.6 Å². The first-order chi connectivity index (χ1) is 27.7. The van der Waals surface area contributed by atoms with Gasteiger partial charge in [-0.05, 0) is 0 Å². The Morgan fingerprint density at radius 2 is 0.534 bits per heavy atom. The molecule has 0 aliphatic carbocycles. The molecule has 0 heterocycles. The van der Waals surface area contributed by atoms with E-state index in [1.807, 2.05) is 0 Å². The number of hydrogen-bond acceptors (Lipinski definition) is 0. The molecular weight excluding hydrogens is 815 g/mol. The third-order valence-electron chi connectivity index (χ3n) is 10.3. The second kappa shape index (κ2) is 31.9. The zero-order valence-corrected chi connectivity index (χ0v) is 40.1. The van der Waals surface area contributed by atoms with Crippen molar-refractivity contribution in [2.24, 2.45) is 0 Å². The molecule has 0 bridgehead atoms. The standard InChI is InChI=1S/4C13H15.2CH2.2ClH.2Ti/c4*1-2-3-6-11-9-10-12-7-4-5-8-13(11)12;;;;;;/h4*4-5,7-10H,2-3,6H2,1H3;2*1H2;2*1H;;/q4*-1;;;;;2*+2/p-2. The van der Waals surface area contributed by atoms with Crippen LogP contribution in [0.1, 0.15) is 101 Å². The molecule has 0 spiro atoms. The number of rotatable bonds is 12. The van der Waals surface area contributed by atoms with Crippen LogP contribution >= 0.6 is 0 Å². The molecule has 4 heteroatoms. The average Bonchev–Trinajstić information content (AvgIpc) is 4.08. The summed E-state index contributed by atoms with van der Waals surface area (Å²) in [7, 11) is 0. The number of benzene rings is 4. The first kappa shape index (κ1) is 53.1. The molecule has 0 nitrogen and oxygen atoms in total. The molecule has 0 saturated heterocycles. The second-order valence-corrected chi connectivity index (χ2v) is 14.2. The zero-order valence-electron chi connectivity index (χ0n) is 35.5. The van der Waals surface area contributed by atoms with Crippen molar-refractivity contribution in [1.82, 2.24) is 0 Å². The van der Waals surface area contributed by atoms with Crippen molar-refractivity contribution in [2.75, 3.05) is 0 Å². The van der Waals surface area contributed by atoms with Crippen molar-refractivity contribution < 1.29 is 64.8 Å². The average molecular weight is 880 g/mol.